The number of alkyl halides is 3. The van der Waals surface area contributed by atoms with Crippen molar-refractivity contribution in [3.05, 3.63) is 35.5 Å². The number of carboxylic acid groups (broad SMARTS) is 1. The van der Waals surface area contributed by atoms with E-state index >= 15 is 0 Å². The van der Waals surface area contributed by atoms with Gasteiger partial charge in [0, 0.05) is 29.2 Å². The van der Waals surface area contributed by atoms with Crippen LogP contribution < -0.4 is 0 Å². The standard InChI is InChI=1S/C19H21F3N2O2/c20-19(21,22)14-5-7-23(8-6-14)11-16-10-13-9-12(18(25)26)1-4-17(13)24(16)15-2-3-15/h1,4,9-10,14-15H,2-3,5-8,11H2,(H,25,26). The first-order chi connectivity index (χ1) is 12.3. The third kappa shape index (κ3) is 3.32. The van der Waals surface area contributed by atoms with Crippen LogP contribution in [0.25, 0.3) is 10.9 Å². The number of likely N-dealkylation sites (tertiary alicyclic amines) is 1. The normalized spacial score (nSPS) is 20.0. The largest absolute Gasteiger partial charge is 0.478 e. The third-order valence-corrected chi connectivity index (χ3v) is 5.51. The van der Waals surface area contributed by atoms with Gasteiger partial charge in [0.1, 0.15) is 0 Å². The molecule has 4 rings (SSSR count). The zero-order valence-electron chi connectivity index (χ0n) is 14.3. The summed E-state index contributed by atoms with van der Waals surface area (Å²) in [5.41, 5.74) is 2.33. The van der Waals surface area contributed by atoms with E-state index in [9.17, 15) is 23.1 Å². The number of nitrogens with zero attached hydrogens (tertiary/aromatic N) is 2. The van der Waals surface area contributed by atoms with Crippen LogP contribution in [-0.2, 0) is 6.54 Å². The molecular weight excluding hydrogens is 345 g/mol. The summed E-state index contributed by atoms with van der Waals surface area (Å²) in [4.78, 5) is 13.3. The number of hydrogen-bond acceptors (Lipinski definition) is 2. The minimum absolute atomic E-state index is 0.149. The maximum Gasteiger partial charge on any atom is 0.391 e. The Hall–Kier alpha value is -2.02. The Kier molecular flexibility index (Phi) is 4.22. The van der Waals surface area contributed by atoms with Crippen molar-refractivity contribution < 1.29 is 23.1 Å². The van der Waals surface area contributed by atoms with Gasteiger partial charge in [-0.05, 0) is 63.0 Å². The summed E-state index contributed by atoms with van der Waals surface area (Å²) in [5, 5.41) is 10.1. The van der Waals surface area contributed by atoms with Gasteiger partial charge in [0.15, 0.2) is 0 Å². The van der Waals surface area contributed by atoms with Crippen molar-refractivity contribution in [2.45, 2.75) is 44.4 Å². The van der Waals surface area contributed by atoms with Crippen molar-refractivity contribution in [3.63, 3.8) is 0 Å². The van der Waals surface area contributed by atoms with E-state index in [0.717, 1.165) is 29.4 Å². The first kappa shape index (κ1) is 17.4. The Morgan fingerprint density at radius 2 is 1.81 bits per heavy atom. The maximum absolute atomic E-state index is 12.8. The zero-order chi connectivity index (χ0) is 18.5. The summed E-state index contributed by atoms with van der Waals surface area (Å²) in [6.07, 6.45) is -1.61. The van der Waals surface area contributed by atoms with Gasteiger partial charge in [-0.1, -0.05) is 0 Å². The molecule has 0 spiro atoms. The number of piperidine rings is 1. The zero-order valence-corrected chi connectivity index (χ0v) is 14.3. The molecule has 1 saturated heterocycles. The summed E-state index contributed by atoms with van der Waals surface area (Å²) < 4.78 is 40.8. The van der Waals surface area contributed by atoms with Crippen LogP contribution in [0.4, 0.5) is 13.2 Å². The van der Waals surface area contributed by atoms with E-state index in [4.69, 9.17) is 0 Å². The summed E-state index contributed by atoms with van der Waals surface area (Å²) in [5.74, 6) is -2.15. The van der Waals surface area contributed by atoms with Crippen LogP contribution in [0.15, 0.2) is 24.3 Å². The molecule has 7 heteroatoms. The molecule has 0 atom stereocenters. The number of hydrogen-bond donors (Lipinski definition) is 1. The van der Waals surface area contributed by atoms with E-state index in [1.54, 1.807) is 12.1 Å². The highest BCUT2D eigenvalue weighted by Crippen LogP contribution is 2.40. The highest BCUT2D eigenvalue weighted by atomic mass is 19.4. The average Bonchev–Trinajstić information content (AvgIpc) is 3.35. The van der Waals surface area contributed by atoms with Gasteiger partial charge in [0.25, 0.3) is 0 Å². The molecule has 0 amide bonds. The van der Waals surface area contributed by atoms with Crippen molar-refractivity contribution in [1.82, 2.24) is 9.47 Å². The van der Waals surface area contributed by atoms with Crippen LogP contribution >= 0.6 is 0 Å². The van der Waals surface area contributed by atoms with Crippen LogP contribution in [0, 0.1) is 5.92 Å². The Balaban J connectivity index is 1.56. The van der Waals surface area contributed by atoms with Crippen molar-refractivity contribution in [2.75, 3.05) is 13.1 Å². The summed E-state index contributed by atoms with van der Waals surface area (Å²) in [7, 11) is 0. The van der Waals surface area contributed by atoms with Gasteiger partial charge in [-0.25, -0.2) is 4.79 Å². The molecule has 1 aromatic heterocycles. The number of carbonyl (C=O) groups is 1. The van der Waals surface area contributed by atoms with Crippen molar-refractivity contribution in [2.24, 2.45) is 5.92 Å². The predicted molar refractivity (Wildman–Crippen MR) is 91.2 cm³/mol. The molecule has 1 aromatic carbocycles. The Morgan fingerprint density at radius 1 is 1.12 bits per heavy atom. The number of halogens is 3. The second kappa shape index (κ2) is 6.30. The van der Waals surface area contributed by atoms with E-state index in [1.807, 2.05) is 12.1 Å². The molecule has 2 fully saturated rings. The van der Waals surface area contributed by atoms with Gasteiger partial charge in [-0.2, -0.15) is 13.2 Å². The lowest BCUT2D eigenvalue weighted by molar-refractivity contribution is -0.185. The second-order valence-electron chi connectivity index (χ2n) is 7.41. The molecule has 0 unspecified atom stereocenters. The molecule has 1 N–H and O–H groups in total. The van der Waals surface area contributed by atoms with Gasteiger partial charge >= 0.3 is 12.1 Å². The van der Waals surface area contributed by atoms with E-state index in [-0.39, 0.29) is 18.4 Å². The molecule has 2 heterocycles. The molecule has 4 nitrogen and oxygen atoms in total. The third-order valence-electron chi connectivity index (χ3n) is 5.51. The molecule has 2 aromatic rings. The lowest BCUT2D eigenvalue weighted by Crippen LogP contribution is -2.38. The number of rotatable bonds is 4. The van der Waals surface area contributed by atoms with Gasteiger partial charge < -0.3 is 9.67 Å². The summed E-state index contributed by atoms with van der Waals surface area (Å²) in [6.45, 7) is 1.49. The number of carboxylic acids is 1. The molecule has 0 bridgehead atoms. The molecule has 0 radical (unpaired) electrons. The monoisotopic (exact) mass is 366 g/mol. The molecule has 26 heavy (non-hydrogen) atoms. The van der Waals surface area contributed by atoms with Crippen LogP contribution in [0.3, 0.4) is 0 Å². The number of aromatic nitrogens is 1. The fourth-order valence-corrected chi connectivity index (χ4v) is 3.96. The lowest BCUT2D eigenvalue weighted by atomic mass is 9.96. The molecule has 1 aliphatic heterocycles. The Morgan fingerprint density at radius 3 is 2.38 bits per heavy atom. The Labute approximate surface area is 149 Å². The maximum atomic E-state index is 12.8. The highest BCUT2D eigenvalue weighted by molar-refractivity contribution is 5.94. The minimum Gasteiger partial charge on any atom is -0.478 e. The van der Waals surface area contributed by atoms with Crippen molar-refractivity contribution in [3.8, 4) is 0 Å². The minimum atomic E-state index is -4.10. The SMILES string of the molecule is O=C(O)c1ccc2c(c1)cc(CN1CCC(C(F)(F)F)CC1)n2C1CC1. The van der Waals surface area contributed by atoms with Crippen LogP contribution in [0.1, 0.15) is 47.8 Å². The van der Waals surface area contributed by atoms with Crippen LogP contribution in [0.2, 0.25) is 0 Å². The average molecular weight is 366 g/mol. The Bertz CT molecular complexity index is 831. The van der Waals surface area contributed by atoms with E-state index < -0.39 is 18.1 Å². The smallest absolute Gasteiger partial charge is 0.391 e. The van der Waals surface area contributed by atoms with Crippen LogP contribution in [0.5, 0.6) is 0 Å². The van der Waals surface area contributed by atoms with Gasteiger partial charge in [0.2, 0.25) is 0 Å². The first-order valence-electron chi connectivity index (χ1n) is 8.99. The predicted octanol–water partition coefficient (Wildman–Crippen LogP) is 4.45. The molecule has 140 valence electrons. The van der Waals surface area contributed by atoms with E-state index in [0.29, 0.717) is 25.7 Å². The fourth-order valence-electron chi connectivity index (χ4n) is 3.96. The molecule has 2 aliphatic rings. The number of aromatic carboxylic acids is 1. The number of benzene rings is 1. The van der Waals surface area contributed by atoms with Gasteiger partial charge in [-0.3, -0.25) is 4.90 Å². The quantitative estimate of drug-likeness (QED) is 0.870. The van der Waals surface area contributed by atoms with Gasteiger partial charge in [0.05, 0.1) is 11.5 Å². The number of fused-ring (bicyclic) bond motifs is 1. The summed E-state index contributed by atoms with van der Waals surface area (Å²) in [6, 6.07) is 7.55. The van der Waals surface area contributed by atoms with E-state index in [1.165, 1.54) is 0 Å². The highest BCUT2D eigenvalue weighted by Gasteiger charge is 2.41. The van der Waals surface area contributed by atoms with Gasteiger partial charge in [-0.15, -0.1) is 0 Å². The second-order valence-corrected chi connectivity index (χ2v) is 7.41. The van der Waals surface area contributed by atoms with Crippen LogP contribution in [-0.4, -0.2) is 39.8 Å². The molecular formula is C19H21F3N2O2. The van der Waals surface area contributed by atoms with E-state index in [2.05, 4.69) is 9.47 Å². The summed E-state index contributed by atoms with van der Waals surface area (Å²) >= 11 is 0. The lowest BCUT2D eigenvalue weighted by Gasteiger charge is -2.33. The molecule has 1 aliphatic carbocycles. The van der Waals surface area contributed by atoms with Crippen molar-refractivity contribution in [1.29, 1.82) is 0 Å². The topological polar surface area (TPSA) is 45.5 Å². The molecule has 1 saturated carbocycles. The fraction of sp³-hybridized carbons (Fsp3) is 0.526. The first-order valence-corrected chi connectivity index (χ1v) is 8.99. The van der Waals surface area contributed by atoms with Crippen molar-refractivity contribution >= 4 is 16.9 Å².